The van der Waals surface area contributed by atoms with Crippen LogP contribution in [0.25, 0.3) is 33.6 Å². The molecule has 0 aliphatic heterocycles. The molecule has 4 aromatic rings. The van der Waals surface area contributed by atoms with Crippen molar-refractivity contribution in [3.63, 3.8) is 0 Å². The van der Waals surface area contributed by atoms with Gasteiger partial charge in [-0.1, -0.05) is 54.6 Å². The summed E-state index contributed by atoms with van der Waals surface area (Å²) in [5, 5.41) is 0.569. The van der Waals surface area contributed by atoms with Gasteiger partial charge < -0.3 is 10.2 Å². The largest absolute Gasteiger partial charge is 0.437 e. The van der Waals surface area contributed by atoms with Gasteiger partial charge in [0, 0.05) is 30.0 Å². The van der Waals surface area contributed by atoms with Crippen LogP contribution in [0.3, 0.4) is 0 Å². The second kappa shape index (κ2) is 7.28. The number of aromatic nitrogens is 2. The van der Waals surface area contributed by atoms with E-state index in [1.807, 2.05) is 54.6 Å². The van der Waals surface area contributed by atoms with Crippen LogP contribution in [0.15, 0.2) is 69.0 Å². The Balaban J connectivity index is 1.77. The zero-order valence-corrected chi connectivity index (χ0v) is 18.2. The molecule has 31 heavy (non-hydrogen) atoms. The van der Waals surface area contributed by atoms with Crippen LogP contribution in [-0.2, 0) is 23.4 Å². The number of nitrogens with zero attached hydrogens (tertiary/aromatic N) is 2. The summed E-state index contributed by atoms with van der Waals surface area (Å²) in [6.07, 6.45) is 4.62. The molecule has 5 rings (SSSR count). The molecule has 1 atom stereocenters. The average Bonchev–Trinajstić information content (AvgIpc) is 3.15. The molecular formula is C24H23N3O3S. The Morgan fingerprint density at radius 3 is 2.32 bits per heavy atom. The van der Waals surface area contributed by atoms with Gasteiger partial charge in [0.25, 0.3) is 5.56 Å². The molecule has 1 aliphatic rings. The van der Waals surface area contributed by atoms with E-state index in [-0.39, 0.29) is 22.0 Å². The molecule has 0 radical (unpaired) electrons. The molecule has 7 heteroatoms. The molecule has 1 fully saturated rings. The van der Waals surface area contributed by atoms with Gasteiger partial charge in [-0.15, -0.1) is 0 Å². The molecule has 0 bridgehead atoms. The molecule has 2 N–H and O–H groups in total. The maximum absolute atomic E-state index is 13.2. The van der Waals surface area contributed by atoms with E-state index in [2.05, 4.69) is 4.98 Å². The third kappa shape index (κ3) is 3.16. The lowest BCUT2D eigenvalue weighted by atomic mass is 9.72. The second-order valence-electron chi connectivity index (χ2n) is 8.15. The van der Waals surface area contributed by atoms with E-state index >= 15 is 0 Å². The SMILES string of the molecule is Cn1c(S(C)=O)nc2oc(-c3ccc(C4(N)CCC4)cc3)c(-c3ccccc3)c2c1=O. The van der Waals surface area contributed by atoms with Crippen LogP contribution in [-0.4, -0.2) is 20.0 Å². The minimum Gasteiger partial charge on any atom is -0.437 e. The third-order valence-electron chi connectivity index (χ3n) is 6.18. The molecule has 0 amide bonds. The summed E-state index contributed by atoms with van der Waals surface area (Å²) in [6.45, 7) is 0. The lowest BCUT2D eigenvalue weighted by Gasteiger charge is -2.38. The first kappa shape index (κ1) is 19.9. The Hall–Kier alpha value is -3.03. The fourth-order valence-corrected chi connectivity index (χ4v) is 4.93. The van der Waals surface area contributed by atoms with Crippen molar-refractivity contribution in [1.29, 1.82) is 0 Å². The van der Waals surface area contributed by atoms with Gasteiger partial charge in [-0.3, -0.25) is 13.6 Å². The number of benzene rings is 2. The highest BCUT2D eigenvalue weighted by molar-refractivity contribution is 7.84. The number of hydrogen-bond donors (Lipinski definition) is 1. The quantitative estimate of drug-likeness (QED) is 0.492. The second-order valence-corrected chi connectivity index (χ2v) is 9.43. The number of rotatable bonds is 4. The van der Waals surface area contributed by atoms with Crippen molar-refractivity contribution in [2.24, 2.45) is 12.8 Å². The van der Waals surface area contributed by atoms with Gasteiger partial charge in [-0.2, -0.15) is 4.98 Å². The first-order valence-electron chi connectivity index (χ1n) is 10.2. The summed E-state index contributed by atoms with van der Waals surface area (Å²) in [5.74, 6) is 0.566. The Kier molecular flexibility index (Phi) is 4.68. The molecule has 158 valence electrons. The van der Waals surface area contributed by atoms with E-state index in [9.17, 15) is 9.00 Å². The molecule has 1 saturated carbocycles. The Morgan fingerprint density at radius 1 is 1.06 bits per heavy atom. The molecule has 1 unspecified atom stereocenters. The van der Waals surface area contributed by atoms with E-state index in [0.29, 0.717) is 16.7 Å². The monoisotopic (exact) mass is 433 g/mol. The normalized spacial score (nSPS) is 16.2. The molecule has 2 heterocycles. The van der Waals surface area contributed by atoms with Crippen LogP contribution in [0.4, 0.5) is 0 Å². The molecule has 2 aromatic heterocycles. The van der Waals surface area contributed by atoms with Crippen molar-refractivity contribution < 1.29 is 8.63 Å². The van der Waals surface area contributed by atoms with E-state index in [1.54, 1.807) is 7.05 Å². The molecule has 1 aliphatic carbocycles. The first-order valence-corrected chi connectivity index (χ1v) is 11.8. The fourth-order valence-electron chi connectivity index (χ4n) is 4.25. The number of nitrogens with two attached hydrogens (primary N) is 1. The van der Waals surface area contributed by atoms with E-state index in [0.717, 1.165) is 36.0 Å². The molecule has 0 saturated heterocycles. The summed E-state index contributed by atoms with van der Waals surface area (Å²) in [7, 11) is 0.161. The number of furan rings is 1. The molecule has 0 spiro atoms. The van der Waals surface area contributed by atoms with Gasteiger partial charge in [0.1, 0.15) is 11.1 Å². The van der Waals surface area contributed by atoms with Crippen LogP contribution >= 0.6 is 0 Å². The van der Waals surface area contributed by atoms with Crippen molar-refractivity contribution in [3.8, 4) is 22.5 Å². The fraction of sp³-hybridized carbons (Fsp3) is 0.250. The Labute approximate surface area is 182 Å². The summed E-state index contributed by atoms with van der Waals surface area (Å²) < 4.78 is 19.6. The maximum Gasteiger partial charge on any atom is 0.265 e. The predicted molar refractivity (Wildman–Crippen MR) is 122 cm³/mol. The van der Waals surface area contributed by atoms with E-state index in [1.165, 1.54) is 10.8 Å². The van der Waals surface area contributed by atoms with Crippen molar-refractivity contribution in [2.75, 3.05) is 6.26 Å². The van der Waals surface area contributed by atoms with Crippen LogP contribution in [0.5, 0.6) is 0 Å². The van der Waals surface area contributed by atoms with E-state index < -0.39 is 10.8 Å². The van der Waals surface area contributed by atoms with Gasteiger partial charge in [0.05, 0.1) is 10.8 Å². The highest BCUT2D eigenvalue weighted by Crippen LogP contribution is 2.42. The molecular weight excluding hydrogens is 410 g/mol. The van der Waals surface area contributed by atoms with Crippen LogP contribution < -0.4 is 11.3 Å². The third-order valence-corrected chi connectivity index (χ3v) is 7.06. The maximum atomic E-state index is 13.2. The lowest BCUT2D eigenvalue weighted by Crippen LogP contribution is -2.43. The van der Waals surface area contributed by atoms with Crippen molar-refractivity contribution in [2.45, 2.75) is 30.0 Å². The van der Waals surface area contributed by atoms with Gasteiger partial charge in [0.2, 0.25) is 10.9 Å². The summed E-state index contributed by atoms with van der Waals surface area (Å²) in [5.41, 5.74) is 9.64. The Bertz CT molecular complexity index is 1370. The van der Waals surface area contributed by atoms with Gasteiger partial charge >= 0.3 is 0 Å². The lowest BCUT2D eigenvalue weighted by molar-refractivity contribution is 0.253. The highest BCUT2D eigenvalue weighted by Gasteiger charge is 2.34. The predicted octanol–water partition coefficient (Wildman–Crippen LogP) is 3.94. The van der Waals surface area contributed by atoms with Gasteiger partial charge in [-0.05, 0) is 30.4 Å². The summed E-state index contributed by atoms with van der Waals surface area (Å²) in [4.78, 5) is 17.7. The van der Waals surface area contributed by atoms with Crippen molar-refractivity contribution >= 4 is 21.9 Å². The number of hydrogen-bond acceptors (Lipinski definition) is 5. The highest BCUT2D eigenvalue weighted by atomic mass is 32.2. The molecule has 2 aromatic carbocycles. The first-order chi connectivity index (χ1) is 14.9. The Morgan fingerprint density at radius 2 is 1.74 bits per heavy atom. The topological polar surface area (TPSA) is 91.1 Å². The standard InChI is InChI=1S/C24H23N3O3S/c1-27-22(28)19-18(15-7-4-3-5-8-15)20(30-21(19)26-23(27)31(2)29)16-9-11-17(12-10-16)24(25)13-6-14-24/h3-5,7-12H,6,13-14,25H2,1-2H3. The van der Waals surface area contributed by atoms with Crippen LogP contribution in [0.2, 0.25) is 0 Å². The molecule has 6 nitrogen and oxygen atoms in total. The van der Waals surface area contributed by atoms with Gasteiger partial charge in [0.15, 0.2) is 0 Å². The zero-order chi connectivity index (χ0) is 21.8. The summed E-state index contributed by atoms with van der Waals surface area (Å²) >= 11 is 0. The average molecular weight is 434 g/mol. The van der Waals surface area contributed by atoms with Crippen molar-refractivity contribution in [3.05, 3.63) is 70.5 Å². The van der Waals surface area contributed by atoms with Crippen molar-refractivity contribution in [1.82, 2.24) is 9.55 Å². The van der Waals surface area contributed by atoms with Crippen LogP contribution in [0, 0.1) is 0 Å². The number of fused-ring (bicyclic) bond motifs is 1. The van der Waals surface area contributed by atoms with E-state index in [4.69, 9.17) is 10.2 Å². The minimum absolute atomic E-state index is 0.183. The zero-order valence-electron chi connectivity index (χ0n) is 17.4. The summed E-state index contributed by atoms with van der Waals surface area (Å²) in [6, 6.07) is 17.7. The van der Waals surface area contributed by atoms with Gasteiger partial charge in [-0.25, -0.2) is 0 Å². The van der Waals surface area contributed by atoms with Crippen LogP contribution in [0.1, 0.15) is 24.8 Å². The smallest absolute Gasteiger partial charge is 0.265 e. The minimum atomic E-state index is -1.42.